The first-order valence-corrected chi connectivity index (χ1v) is 14.1. The minimum atomic E-state index is -2.64. The number of para-hydroxylation sites is 1. The van der Waals surface area contributed by atoms with Crippen LogP contribution < -0.4 is 0 Å². The van der Waals surface area contributed by atoms with Crippen LogP contribution in [0.3, 0.4) is 0 Å². The molecule has 7 rings (SSSR count). The summed E-state index contributed by atoms with van der Waals surface area (Å²) in [5, 5.41) is 1.77. The minimum Gasteiger partial charge on any atom is -0.501 e. The number of hydrogen-bond acceptors (Lipinski definition) is 6. The fourth-order valence-electron chi connectivity index (χ4n) is 4.84. The fraction of sp³-hybridized carbons (Fsp3) is 0.205. The molecule has 4 heterocycles. The van der Waals surface area contributed by atoms with Crippen molar-refractivity contribution in [1.29, 1.82) is 0 Å². The van der Waals surface area contributed by atoms with Gasteiger partial charge in [-0.1, -0.05) is 85.9 Å². The van der Waals surface area contributed by atoms with E-state index in [1.54, 1.807) is 39.1 Å². The third kappa shape index (κ3) is 7.28. The van der Waals surface area contributed by atoms with Crippen molar-refractivity contribution in [3.8, 4) is 33.6 Å². The van der Waals surface area contributed by atoms with Gasteiger partial charge in [-0.15, -0.1) is 18.2 Å². The van der Waals surface area contributed by atoms with Gasteiger partial charge in [-0.2, -0.15) is 0 Å². The van der Waals surface area contributed by atoms with Crippen LogP contribution in [0.1, 0.15) is 58.4 Å². The van der Waals surface area contributed by atoms with Gasteiger partial charge in [0.1, 0.15) is 5.58 Å². The predicted molar refractivity (Wildman–Crippen MR) is 180 cm³/mol. The van der Waals surface area contributed by atoms with Gasteiger partial charge in [0.05, 0.1) is 5.58 Å². The zero-order valence-corrected chi connectivity index (χ0v) is 27.5. The Balaban J connectivity index is 0.000000305. The van der Waals surface area contributed by atoms with Gasteiger partial charge < -0.3 is 24.4 Å². The van der Waals surface area contributed by atoms with E-state index in [0.29, 0.717) is 33.7 Å². The Morgan fingerprint density at radius 2 is 1.70 bits per heavy atom. The summed E-state index contributed by atoms with van der Waals surface area (Å²) in [6.45, 7) is -2.30. The molecule has 6 nitrogen and oxygen atoms in total. The van der Waals surface area contributed by atoms with Gasteiger partial charge in [0.25, 0.3) is 0 Å². The van der Waals surface area contributed by atoms with Gasteiger partial charge in [0, 0.05) is 76.9 Å². The number of rotatable bonds is 4. The number of aromatic nitrogens is 5. The van der Waals surface area contributed by atoms with E-state index in [1.165, 1.54) is 43.0 Å². The van der Waals surface area contributed by atoms with E-state index in [2.05, 4.69) is 37.2 Å². The van der Waals surface area contributed by atoms with Crippen LogP contribution in [0.5, 0.6) is 0 Å². The maximum atomic E-state index is 8.67. The van der Waals surface area contributed by atoms with E-state index in [-0.39, 0.29) is 53.7 Å². The van der Waals surface area contributed by atoms with E-state index in [1.807, 2.05) is 30.3 Å². The van der Waals surface area contributed by atoms with Crippen molar-refractivity contribution < 1.29 is 39.6 Å². The maximum absolute atomic E-state index is 8.67. The second kappa shape index (κ2) is 13.8. The molecule has 0 atom stereocenters. The van der Waals surface area contributed by atoms with E-state index in [4.69, 9.17) is 19.5 Å². The largest absolute Gasteiger partial charge is 0.501 e. The number of fused-ring (bicyclic) bond motifs is 3. The second-order valence-corrected chi connectivity index (χ2v) is 11.3. The van der Waals surface area contributed by atoms with Crippen LogP contribution in [-0.2, 0) is 26.5 Å². The number of nitrogens with zero attached hydrogens (tertiary/aromatic N) is 5. The van der Waals surface area contributed by atoms with Gasteiger partial charge in [-0.3, -0.25) is 4.98 Å². The summed E-state index contributed by atoms with van der Waals surface area (Å²) < 4.78 is 94.1. The zero-order valence-electron chi connectivity index (χ0n) is 36.1. The molecule has 7 heteroatoms. The summed E-state index contributed by atoms with van der Waals surface area (Å²) in [5.74, 6) is -0.222. The van der Waals surface area contributed by atoms with Crippen LogP contribution in [0.2, 0.25) is 0 Å². The zero-order chi connectivity index (χ0) is 40.8. The number of benzene rings is 3. The number of aryl methyl sites for hydroxylation is 3. The molecule has 46 heavy (non-hydrogen) atoms. The third-order valence-corrected chi connectivity index (χ3v) is 6.77. The van der Waals surface area contributed by atoms with Crippen molar-refractivity contribution in [3.63, 3.8) is 0 Å². The normalized spacial score (nSPS) is 15.8. The van der Waals surface area contributed by atoms with E-state index < -0.39 is 32.3 Å². The molecule has 0 fully saturated rings. The molecule has 0 bridgehead atoms. The average molecular weight is 793 g/mol. The first-order valence-electron chi connectivity index (χ1n) is 19.6. The Hall–Kier alpha value is -4.58. The molecule has 0 aliphatic carbocycles. The van der Waals surface area contributed by atoms with Gasteiger partial charge in [-0.05, 0) is 78.1 Å². The summed E-state index contributed by atoms with van der Waals surface area (Å²) >= 11 is 0. The first-order chi connectivity index (χ1) is 26.1. The number of hydrogen-bond donors (Lipinski definition) is 0. The van der Waals surface area contributed by atoms with Crippen LogP contribution >= 0.6 is 0 Å². The number of furan rings is 1. The Labute approximate surface area is 299 Å². The van der Waals surface area contributed by atoms with Crippen LogP contribution in [0, 0.1) is 38.2 Å². The summed E-state index contributed by atoms with van der Waals surface area (Å²) in [4.78, 5) is 19.8. The molecule has 4 aromatic heterocycles. The number of pyridine rings is 1. The Kier molecular flexibility index (Phi) is 6.39. The summed E-state index contributed by atoms with van der Waals surface area (Å²) in [5.41, 5.74) is 2.70. The average Bonchev–Trinajstić information content (AvgIpc) is 3.52. The van der Waals surface area contributed by atoms with Crippen LogP contribution in [0.4, 0.5) is 0 Å². The molecular weight excluding hydrogens is 747 g/mol. The molecule has 0 amide bonds. The van der Waals surface area contributed by atoms with Crippen molar-refractivity contribution in [2.45, 2.75) is 47.7 Å². The van der Waals surface area contributed by atoms with Crippen molar-refractivity contribution in [2.75, 3.05) is 0 Å². The molecule has 0 N–H and O–H groups in total. The quantitative estimate of drug-likeness (QED) is 0.166. The van der Waals surface area contributed by atoms with Crippen LogP contribution in [-0.4, -0.2) is 24.9 Å². The fourth-order valence-corrected chi connectivity index (χ4v) is 4.84. The van der Waals surface area contributed by atoms with Crippen molar-refractivity contribution in [2.24, 2.45) is 5.41 Å². The summed E-state index contributed by atoms with van der Waals surface area (Å²) in [7, 11) is 0. The smallest absolute Gasteiger partial charge is 0.120 e. The Bertz CT molecular complexity index is 2510. The molecule has 1 radical (unpaired) electrons. The third-order valence-electron chi connectivity index (χ3n) is 6.77. The summed E-state index contributed by atoms with van der Waals surface area (Å²) in [6.07, 6.45) is 7.97. The summed E-state index contributed by atoms with van der Waals surface area (Å²) in [6, 6.07) is 20.3. The SMILES string of the molecule is [2H]C([2H])([2H])c1cnc(-c2[c-]ccc3c2oc2ccccc23)cc1-c1ccc(C([2H])([2H])C(C)(C)C)cc1C([2H])([2H])[2H].[2H]C([2H])([2H])c1n[c-]c(-c2cnccn2)cn1.[Ir]. The van der Waals surface area contributed by atoms with E-state index in [9.17, 15) is 0 Å². The first kappa shape index (κ1) is 21.3. The monoisotopic (exact) mass is 793 g/mol. The minimum absolute atomic E-state index is 0. The van der Waals surface area contributed by atoms with Crippen LogP contribution in [0.25, 0.3) is 55.6 Å². The van der Waals surface area contributed by atoms with Crippen molar-refractivity contribution >= 4 is 21.9 Å². The van der Waals surface area contributed by atoms with Gasteiger partial charge in [0.15, 0.2) is 0 Å². The molecular formula is C39H35IrN5O-2. The predicted octanol–water partition coefficient (Wildman–Crippen LogP) is 9.36. The molecule has 0 saturated carbocycles. The van der Waals surface area contributed by atoms with E-state index >= 15 is 0 Å². The van der Waals surface area contributed by atoms with E-state index in [0.717, 1.165) is 10.8 Å². The standard InChI is InChI=1S/C30H28NO.C9H7N4.Ir/c1-19-15-21(17-30(3,4)5)13-14-22(19)26-16-27(31-18-20(26)2)25-11-8-10-24-23-9-6-7-12-28(23)32-29(24)25;1-7-12-4-8(5-13-7)9-6-10-2-3-11-9;/h6-10,12-16,18H,17H2,1-5H3;2-4,6H,1H3;/q2*-1;/i1D3,2D3,17D2;1D3;. The Morgan fingerprint density at radius 3 is 2.43 bits per heavy atom. The Morgan fingerprint density at radius 1 is 0.826 bits per heavy atom. The van der Waals surface area contributed by atoms with Gasteiger partial charge in [-0.25, -0.2) is 0 Å². The van der Waals surface area contributed by atoms with Crippen molar-refractivity contribution in [3.05, 3.63) is 126 Å². The molecule has 7 aromatic rings. The molecule has 3 aromatic carbocycles. The molecule has 0 saturated heterocycles. The maximum Gasteiger partial charge on any atom is 0.120 e. The molecule has 0 aliphatic heterocycles. The van der Waals surface area contributed by atoms with Gasteiger partial charge in [0.2, 0.25) is 0 Å². The topological polar surface area (TPSA) is 77.6 Å². The molecule has 0 spiro atoms. The van der Waals surface area contributed by atoms with Crippen LogP contribution in [0.15, 0.2) is 96.1 Å². The molecule has 0 aliphatic rings. The van der Waals surface area contributed by atoms with Gasteiger partial charge >= 0.3 is 0 Å². The molecule has 0 unspecified atom stereocenters. The molecule has 233 valence electrons. The second-order valence-electron chi connectivity index (χ2n) is 11.3. The van der Waals surface area contributed by atoms with Crippen molar-refractivity contribution in [1.82, 2.24) is 24.9 Å².